The molecular formula is C16H28O4. The Bertz CT molecular complexity index is 297. The summed E-state index contributed by atoms with van der Waals surface area (Å²) < 4.78 is 10.3. The summed E-state index contributed by atoms with van der Waals surface area (Å²) in [5, 5.41) is 0. The van der Waals surface area contributed by atoms with Crippen LogP contribution < -0.4 is 0 Å². The van der Waals surface area contributed by atoms with Crippen molar-refractivity contribution in [3.63, 3.8) is 0 Å². The van der Waals surface area contributed by atoms with Crippen LogP contribution in [0.1, 0.15) is 59.3 Å². The first kappa shape index (κ1) is 18.7. The molecule has 4 heteroatoms. The molecule has 0 saturated carbocycles. The van der Waals surface area contributed by atoms with Crippen molar-refractivity contribution in [1.29, 1.82) is 0 Å². The molecule has 0 fully saturated rings. The molecule has 0 aromatic heterocycles. The molecule has 20 heavy (non-hydrogen) atoms. The zero-order chi connectivity index (χ0) is 15.2. The topological polar surface area (TPSA) is 52.6 Å². The van der Waals surface area contributed by atoms with E-state index in [0.717, 1.165) is 32.1 Å². The summed E-state index contributed by atoms with van der Waals surface area (Å²) in [5.41, 5.74) is 0. The SMILES string of the molecule is CC/C=C/C(CC(=O)OCCCC)C(=O)OCCCC. The Balaban J connectivity index is 4.28. The molecule has 0 aliphatic rings. The van der Waals surface area contributed by atoms with Gasteiger partial charge in [-0.1, -0.05) is 45.8 Å². The molecule has 0 aromatic rings. The van der Waals surface area contributed by atoms with Crippen molar-refractivity contribution in [2.24, 2.45) is 5.92 Å². The van der Waals surface area contributed by atoms with E-state index in [1.54, 1.807) is 6.08 Å². The maximum absolute atomic E-state index is 11.9. The van der Waals surface area contributed by atoms with Gasteiger partial charge >= 0.3 is 11.9 Å². The summed E-state index contributed by atoms with van der Waals surface area (Å²) in [6.45, 7) is 6.88. The molecular weight excluding hydrogens is 256 g/mol. The minimum absolute atomic E-state index is 0.0607. The van der Waals surface area contributed by atoms with Gasteiger partial charge < -0.3 is 9.47 Å². The zero-order valence-electron chi connectivity index (χ0n) is 13.0. The summed E-state index contributed by atoms with van der Waals surface area (Å²) in [7, 11) is 0. The first-order chi connectivity index (χ1) is 9.65. The van der Waals surface area contributed by atoms with Crippen molar-refractivity contribution in [2.75, 3.05) is 13.2 Å². The molecule has 0 aromatic carbocycles. The third kappa shape index (κ3) is 9.59. The van der Waals surface area contributed by atoms with Crippen LogP contribution in [-0.2, 0) is 19.1 Å². The van der Waals surface area contributed by atoms with Gasteiger partial charge in [0.05, 0.1) is 25.6 Å². The van der Waals surface area contributed by atoms with E-state index in [-0.39, 0.29) is 18.4 Å². The Hall–Kier alpha value is -1.32. The van der Waals surface area contributed by atoms with Gasteiger partial charge in [-0.3, -0.25) is 9.59 Å². The van der Waals surface area contributed by atoms with Gasteiger partial charge in [-0.15, -0.1) is 0 Å². The lowest BCUT2D eigenvalue weighted by atomic mass is 10.0. The average molecular weight is 284 g/mol. The number of esters is 2. The van der Waals surface area contributed by atoms with Gasteiger partial charge in [0.2, 0.25) is 0 Å². The standard InChI is InChI=1S/C16H28O4/c1-4-7-10-14(16(18)20-12-9-6-3)13-15(17)19-11-8-5-2/h7,10,14H,4-6,8-9,11-13H2,1-3H3/b10-7+. The molecule has 1 unspecified atom stereocenters. The van der Waals surface area contributed by atoms with Crippen molar-refractivity contribution in [3.8, 4) is 0 Å². The van der Waals surface area contributed by atoms with Crippen LogP contribution in [0.5, 0.6) is 0 Å². The molecule has 0 saturated heterocycles. The number of carbonyl (C=O) groups is 2. The smallest absolute Gasteiger partial charge is 0.313 e. The van der Waals surface area contributed by atoms with Gasteiger partial charge in [-0.2, -0.15) is 0 Å². The highest BCUT2D eigenvalue weighted by Gasteiger charge is 2.21. The van der Waals surface area contributed by atoms with Gasteiger partial charge in [0.15, 0.2) is 0 Å². The lowest BCUT2D eigenvalue weighted by Gasteiger charge is -2.12. The first-order valence-electron chi connectivity index (χ1n) is 7.64. The predicted molar refractivity (Wildman–Crippen MR) is 79.3 cm³/mol. The molecule has 0 spiro atoms. The van der Waals surface area contributed by atoms with Crippen LogP contribution in [0.4, 0.5) is 0 Å². The van der Waals surface area contributed by atoms with Gasteiger partial charge in [-0.05, 0) is 19.3 Å². The van der Waals surface area contributed by atoms with Crippen LogP contribution in [-0.4, -0.2) is 25.2 Å². The van der Waals surface area contributed by atoms with E-state index in [4.69, 9.17) is 9.47 Å². The lowest BCUT2D eigenvalue weighted by Crippen LogP contribution is -2.21. The molecule has 0 heterocycles. The molecule has 0 radical (unpaired) electrons. The van der Waals surface area contributed by atoms with Crippen molar-refractivity contribution in [2.45, 2.75) is 59.3 Å². The van der Waals surface area contributed by atoms with Crippen molar-refractivity contribution in [1.82, 2.24) is 0 Å². The zero-order valence-corrected chi connectivity index (χ0v) is 13.0. The summed E-state index contributed by atoms with van der Waals surface area (Å²) in [4.78, 5) is 23.6. The van der Waals surface area contributed by atoms with E-state index in [1.807, 2.05) is 26.8 Å². The summed E-state index contributed by atoms with van der Waals surface area (Å²) in [6, 6.07) is 0. The number of carbonyl (C=O) groups excluding carboxylic acids is 2. The Morgan fingerprint density at radius 3 is 2.15 bits per heavy atom. The van der Waals surface area contributed by atoms with E-state index in [2.05, 4.69) is 0 Å². The van der Waals surface area contributed by atoms with Crippen LogP contribution in [0.3, 0.4) is 0 Å². The van der Waals surface area contributed by atoms with E-state index < -0.39 is 5.92 Å². The van der Waals surface area contributed by atoms with Crippen LogP contribution in [0.15, 0.2) is 12.2 Å². The maximum atomic E-state index is 11.9. The minimum Gasteiger partial charge on any atom is -0.466 e. The predicted octanol–water partition coefficient (Wildman–Crippen LogP) is 3.65. The Morgan fingerprint density at radius 2 is 1.60 bits per heavy atom. The Kier molecular flexibility index (Phi) is 11.9. The summed E-state index contributed by atoms with van der Waals surface area (Å²) in [6.07, 6.45) is 8.15. The Morgan fingerprint density at radius 1 is 1.00 bits per heavy atom. The molecule has 0 rings (SSSR count). The fourth-order valence-corrected chi connectivity index (χ4v) is 1.52. The molecule has 0 aliphatic heterocycles. The van der Waals surface area contributed by atoms with Gasteiger partial charge in [-0.25, -0.2) is 0 Å². The first-order valence-corrected chi connectivity index (χ1v) is 7.64. The second-order valence-electron chi connectivity index (χ2n) is 4.74. The third-order valence-electron chi connectivity index (χ3n) is 2.80. The monoisotopic (exact) mass is 284 g/mol. The molecule has 0 amide bonds. The van der Waals surface area contributed by atoms with E-state index >= 15 is 0 Å². The van der Waals surface area contributed by atoms with E-state index in [1.165, 1.54) is 0 Å². The number of ether oxygens (including phenoxy) is 2. The van der Waals surface area contributed by atoms with Crippen LogP contribution in [0.2, 0.25) is 0 Å². The highest BCUT2D eigenvalue weighted by molar-refractivity contribution is 5.81. The number of rotatable bonds is 11. The lowest BCUT2D eigenvalue weighted by molar-refractivity contribution is -0.153. The highest BCUT2D eigenvalue weighted by atomic mass is 16.5. The van der Waals surface area contributed by atoms with Crippen molar-refractivity contribution in [3.05, 3.63) is 12.2 Å². The average Bonchev–Trinajstić information content (AvgIpc) is 2.43. The number of unbranched alkanes of at least 4 members (excludes halogenated alkanes) is 2. The fourth-order valence-electron chi connectivity index (χ4n) is 1.52. The number of hydrogen-bond donors (Lipinski definition) is 0. The second-order valence-corrected chi connectivity index (χ2v) is 4.74. The van der Waals surface area contributed by atoms with Crippen molar-refractivity contribution < 1.29 is 19.1 Å². The van der Waals surface area contributed by atoms with Crippen LogP contribution in [0, 0.1) is 5.92 Å². The van der Waals surface area contributed by atoms with Gasteiger partial charge in [0.25, 0.3) is 0 Å². The van der Waals surface area contributed by atoms with Gasteiger partial charge in [0.1, 0.15) is 0 Å². The number of hydrogen-bond acceptors (Lipinski definition) is 4. The van der Waals surface area contributed by atoms with Crippen LogP contribution >= 0.6 is 0 Å². The van der Waals surface area contributed by atoms with Crippen LogP contribution in [0.25, 0.3) is 0 Å². The molecule has 4 nitrogen and oxygen atoms in total. The normalized spacial score (nSPS) is 12.3. The summed E-state index contributed by atoms with van der Waals surface area (Å²) >= 11 is 0. The number of allylic oxidation sites excluding steroid dienone is 1. The summed E-state index contributed by atoms with van der Waals surface area (Å²) in [5.74, 6) is -1.20. The van der Waals surface area contributed by atoms with E-state index in [0.29, 0.717) is 13.2 Å². The molecule has 0 aliphatic carbocycles. The van der Waals surface area contributed by atoms with E-state index in [9.17, 15) is 9.59 Å². The molecule has 1 atom stereocenters. The quantitative estimate of drug-likeness (QED) is 0.330. The molecule has 0 bridgehead atoms. The molecule has 0 N–H and O–H groups in total. The van der Waals surface area contributed by atoms with Gasteiger partial charge in [0, 0.05) is 0 Å². The molecule has 116 valence electrons. The Labute approximate surface area is 122 Å². The maximum Gasteiger partial charge on any atom is 0.313 e. The largest absolute Gasteiger partial charge is 0.466 e. The second kappa shape index (κ2) is 12.7. The minimum atomic E-state index is -0.527. The highest BCUT2D eigenvalue weighted by Crippen LogP contribution is 2.11. The third-order valence-corrected chi connectivity index (χ3v) is 2.80. The fraction of sp³-hybridized carbons (Fsp3) is 0.750. The van der Waals surface area contributed by atoms with Crippen molar-refractivity contribution >= 4 is 11.9 Å².